The molecule has 1 saturated carbocycles. The summed E-state index contributed by atoms with van der Waals surface area (Å²) in [6.45, 7) is 0. The van der Waals surface area contributed by atoms with Crippen LogP contribution in [0.3, 0.4) is 0 Å². The molecule has 20 heavy (non-hydrogen) atoms. The Morgan fingerprint density at radius 2 is 1.95 bits per heavy atom. The summed E-state index contributed by atoms with van der Waals surface area (Å²) in [6.07, 6.45) is -3.05. The lowest BCUT2D eigenvalue weighted by atomic mass is 9.97. The van der Waals surface area contributed by atoms with Crippen molar-refractivity contribution in [1.82, 2.24) is 5.43 Å². The van der Waals surface area contributed by atoms with E-state index in [1.807, 2.05) is 0 Å². The summed E-state index contributed by atoms with van der Waals surface area (Å²) in [7, 11) is 1.53. The van der Waals surface area contributed by atoms with Gasteiger partial charge in [0.2, 0.25) is 0 Å². The van der Waals surface area contributed by atoms with Gasteiger partial charge in [-0.25, -0.2) is 0 Å². The molecule has 112 valence electrons. The molecule has 0 aliphatic heterocycles. The molecular weight excluding hydrogens is 273 g/mol. The van der Waals surface area contributed by atoms with Crippen LogP contribution in [-0.2, 0) is 4.74 Å². The molecule has 2 unspecified atom stereocenters. The molecule has 0 heterocycles. The van der Waals surface area contributed by atoms with E-state index in [4.69, 9.17) is 10.6 Å². The number of nitrogens with one attached hydrogen (secondary N) is 1. The summed E-state index contributed by atoms with van der Waals surface area (Å²) >= 11 is 0. The van der Waals surface area contributed by atoms with E-state index in [2.05, 4.69) is 10.2 Å². The monoisotopic (exact) mass is 290 g/mol. The molecule has 0 spiro atoms. The fourth-order valence-electron chi connectivity index (χ4n) is 2.34. The molecule has 2 rings (SSSR count). The highest BCUT2D eigenvalue weighted by Crippen LogP contribution is 2.41. The zero-order valence-electron chi connectivity index (χ0n) is 11.0. The highest BCUT2D eigenvalue weighted by atomic mass is 19.4. The molecule has 0 saturated heterocycles. The first-order valence-corrected chi connectivity index (χ1v) is 6.30. The van der Waals surface area contributed by atoms with E-state index in [9.17, 15) is 13.2 Å². The van der Waals surface area contributed by atoms with Crippen LogP contribution in [0.4, 0.5) is 13.2 Å². The van der Waals surface area contributed by atoms with Crippen LogP contribution in [0.5, 0.6) is 5.75 Å². The Bertz CT molecular complexity index is 449. The van der Waals surface area contributed by atoms with Gasteiger partial charge in [-0.15, -0.1) is 13.2 Å². The van der Waals surface area contributed by atoms with Crippen LogP contribution in [0.25, 0.3) is 0 Å². The second-order valence-corrected chi connectivity index (χ2v) is 4.77. The Balaban J connectivity index is 2.28. The number of benzene rings is 1. The van der Waals surface area contributed by atoms with Crippen molar-refractivity contribution in [2.45, 2.75) is 31.3 Å². The molecule has 1 aromatic rings. The molecule has 3 N–H and O–H groups in total. The fourth-order valence-corrected chi connectivity index (χ4v) is 2.34. The van der Waals surface area contributed by atoms with Gasteiger partial charge in [-0.3, -0.25) is 11.3 Å². The highest BCUT2D eigenvalue weighted by molar-refractivity contribution is 5.37. The van der Waals surface area contributed by atoms with Gasteiger partial charge in [0.15, 0.2) is 0 Å². The number of nitrogens with two attached hydrogens (primary N) is 1. The second-order valence-electron chi connectivity index (χ2n) is 4.77. The maximum atomic E-state index is 12.4. The van der Waals surface area contributed by atoms with Gasteiger partial charge in [0.05, 0.1) is 12.1 Å². The van der Waals surface area contributed by atoms with Gasteiger partial charge >= 0.3 is 6.36 Å². The van der Waals surface area contributed by atoms with E-state index in [1.165, 1.54) is 19.2 Å². The van der Waals surface area contributed by atoms with Crippen LogP contribution in [0.15, 0.2) is 24.3 Å². The van der Waals surface area contributed by atoms with Gasteiger partial charge < -0.3 is 9.47 Å². The number of ether oxygens (including phenoxy) is 2. The minimum Gasteiger partial charge on any atom is -0.405 e. The Kier molecular flexibility index (Phi) is 4.52. The second kappa shape index (κ2) is 5.99. The van der Waals surface area contributed by atoms with Gasteiger partial charge in [0.25, 0.3) is 0 Å². The summed E-state index contributed by atoms with van der Waals surface area (Å²) in [5.41, 5.74) is 2.88. The van der Waals surface area contributed by atoms with Crippen LogP contribution in [0.2, 0.25) is 0 Å². The first-order chi connectivity index (χ1) is 9.46. The SMILES string of the molecule is COC(C1CC1)C(NN)c1ccccc1OC(F)(F)F. The molecule has 1 fully saturated rings. The van der Waals surface area contributed by atoms with E-state index >= 15 is 0 Å². The van der Waals surface area contributed by atoms with Crippen LogP contribution in [-0.4, -0.2) is 19.6 Å². The molecule has 1 aliphatic rings. The van der Waals surface area contributed by atoms with Crippen molar-refractivity contribution in [3.05, 3.63) is 29.8 Å². The first kappa shape index (κ1) is 15.1. The third-order valence-corrected chi connectivity index (χ3v) is 3.35. The normalized spacial score (nSPS) is 18.6. The quantitative estimate of drug-likeness (QED) is 0.624. The molecule has 1 aliphatic carbocycles. The zero-order chi connectivity index (χ0) is 14.8. The third kappa shape index (κ3) is 3.62. The van der Waals surface area contributed by atoms with Crippen molar-refractivity contribution in [3.63, 3.8) is 0 Å². The van der Waals surface area contributed by atoms with E-state index in [1.54, 1.807) is 12.1 Å². The summed E-state index contributed by atoms with van der Waals surface area (Å²) in [6, 6.07) is 5.40. The van der Waals surface area contributed by atoms with Gasteiger partial charge in [-0.2, -0.15) is 0 Å². The standard InChI is InChI=1S/C13H17F3N2O2/c1-19-12(8-6-7-8)11(18-17)9-4-2-3-5-10(9)20-13(14,15)16/h2-5,8,11-12,18H,6-7,17H2,1H3. The van der Waals surface area contributed by atoms with Gasteiger partial charge in [-0.1, -0.05) is 18.2 Å². The van der Waals surface area contributed by atoms with Crippen LogP contribution >= 0.6 is 0 Å². The molecular formula is C13H17F3N2O2. The summed E-state index contributed by atoms with van der Waals surface area (Å²) in [5.74, 6) is 5.56. The average molecular weight is 290 g/mol. The summed E-state index contributed by atoms with van der Waals surface area (Å²) < 4.78 is 46.8. The lowest BCUT2D eigenvalue weighted by Gasteiger charge is -2.27. The molecule has 1 aromatic carbocycles. The predicted octanol–water partition coefficient (Wildman–Crippen LogP) is 2.51. The maximum absolute atomic E-state index is 12.4. The smallest absolute Gasteiger partial charge is 0.405 e. The number of halogens is 3. The number of para-hydroxylation sites is 1. The predicted molar refractivity (Wildman–Crippen MR) is 66.7 cm³/mol. The third-order valence-electron chi connectivity index (χ3n) is 3.35. The topological polar surface area (TPSA) is 56.5 Å². The fraction of sp³-hybridized carbons (Fsp3) is 0.538. The van der Waals surface area contributed by atoms with E-state index in [0.29, 0.717) is 11.5 Å². The number of methoxy groups -OCH3 is 1. The van der Waals surface area contributed by atoms with Crippen molar-refractivity contribution < 1.29 is 22.6 Å². The highest BCUT2D eigenvalue weighted by Gasteiger charge is 2.39. The van der Waals surface area contributed by atoms with Crippen LogP contribution in [0, 0.1) is 5.92 Å². The minimum atomic E-state index is -4.74. The van der Waals surface area contributed by atoms with Gasteiger partial charge in [-0.05, 0) is 24.8 Å². The van der Waals surface area contributed by atoms with E-state index in [0.717, 1.165) is 12.8 Å². The lowest BCUT2D eigenvalue weighted by Crippen LogP contribution is -2.39. The van der Waals surface area contributed by atoms with Crippen molar-refractivity contribution in [1.29, 1.82) is 0 Å². The molecule has 4 nitrogen and oxygen atoms in total. The Hall–Kier alpha value is -1.31. The Morgan fingerprint density at radius 1 is 1.30 bits per heavy atom. The van der Waals surface area contributed by atoms with Crippen LogP contribution < -0.4 is 16.0 Å². The van der Waals surface area contributed by atoms with Crippen molar-refractivity contribution in [3.8, 4) is 5.75 Å². The largest absolute Gasteiger partial charge is 0.573 e. The molecule has 7 heteroatoms. The van der Waals surface area contributed by atoms with Crippen molar-refractivity contribution in [2.24, 2.45) is 11.8 Å². The molecule has 2 atom stereocenters. The van der Waals surface area contributed by atoms with Crippen LogP contribution in [0.1, 0.15) is 24.4 Å². The van der Waals surface area contributed by atoms with Crippen molar-refractivity contribution in [2.75, 3.05) is 7.11 Å². The molecule has 0 radical (unpaired) electrons. The maximum Gasteiger partial charge on any atom is 0.573 e. The molecule has 0 aromatic heterocycles. The van der Waals surface area contributed by atoms with Gasteiger partial charge in [0.1, 0.15) is 5.75 Å². The van der Waals surface area contributed by atoms with Crippen molar-refractivity contribution >= 4 is 0 Å². The summed E-state index contributed by atoms with van der Waals surface area (Å²) in [4.78, 5) is 0. The van der Waals surface area contributed by atoms with E-state index in [-0.39, 0.29) is 11.9 Å². The average Bonchev–Trinajstić information content (AvgIpc) is 3.19. The minimum absolute atomic E-state index is 0.259. The number of hydrazine groups is 1. The molecule has 0 bridgehead atoms. The lowest BCUT2D eigenvalue weighted by molar-refractivity contribution is -0.275. The van der Waals surface area contributed by atoms with E-state index < -0.39 is 12.4 Å². The number of hydrogen-bond donors (Lipinski definition) is 2. The van der Waals surface area contributed by atoms with Gasteiger partial charge in [0, 0.05) is 12.7 Å². The number of hydrogen-bond acceptors (Lipinski definition) is 4. The Labute approximate surface area is 115 Å². The zero-order valence-corrected chi connectivity index (χ0v) is 11.0. The number of alkyl halides is 3. The summed E-state index contributed by atoms with van der Waals surface area (Å²) in [5, 5.41) is 0. The number of rotatable bonds is 6. The Morgan fingerprint density at radius 3 is 2.45 bits per heavy atom. The molecule has 0 amide bonds. The first-order valence-electron chi connectivity index (χ1n) is 6.30.